The molecular formula is C21H23ClN2O5S. The molecule has 0 aliphatic carbocycles. The molecule has 0 aromatic heterocycles. The van der Waals surface area contributed by atoms with Gasteiger partial charge in [0.25, 0.3) is 5.91 Å². The van der Waals surface area contributed by atoms with E-state index < -0.39 is 28.5 Å². The maximum absolute atomic E-state index is 12.7. The first kappa shape index (κ1) is 22.3. The van der Waals surface area contributed by atoms with Crippen LogP contribution in [0, 0.1) is 13.8 Å². The number of carbonyl (C=O) groups excluding carboxylic acids is 2. The Morgan fingerprint density at radius 2 is 1.73 bits per heavy atom. The van der Waals surface area contributed by atoms with Crippen molar-refractivity contribution in [2.75, 3.05) is 25.0 Å². The molecule has 9 heteroatoms. The number of nitrogens with zero attached hydrogens (tertiary/aromatic N) is 1. The van der Waals surface area contributed by atoms with Gasteiger partial charge in [0.15, 0.2) is 6.61 Å². The fourth-order valence-corrected chi connectivity index (χ4v) is 5.03. The Labute approximate surface area is 181 Å². The summed E-state index contributed by atoms with van der Waals surface area (Å²) >= 11 is 6.08. The van der Waals surface area contributed by atoms with Gasteiger partial charge in [-0.3, -0.25) is 4.79 Å². The lowest BCUT2D eigenvalue weighted by molar-refractivity contribution is -0.119. The molecule has 1 N–H and O–H groups in total. The molecule has 1 aliphatic rings. The van der Waals surface area contributed by atoms with Crippen molar-refractivity contribution in [3.05, 3.63) is 58.1 Å². The van der Waals surface area contributed by atoms with E-state index in [2.05, 4.69) is 5.32 Å². The summed E-state index contributed by atoms with van der Waals surface area (Å²) in [5, 5.41) is 2.77. The number of nitrogens with one attached hydrogen (secondary N) is 1. The van der Waals surface area contributed by atoms with Crippen molar-refractivity contribution in [2.45, 2.75) is 31.6 Å². The van der Waals surface area contributed by atoms with Gasteiger partial charge in [0.05, 0.1) is 15.5 Å². The molecule has 2 aromatic carbocycles. The predicted octanol–water partition coefficient (Wildman–Crippen LogP) is 3.54. The van der Waals surface area contributed by atoms with Crippen molar-refractivity contribution in [1.82, 2.24) is 4.31 Å². The van der Waals surface area contributed by atoms with Crippen molar-refractivity contribution in [3.63, 3.8) is 0 Å². The van der Waals surface area contributed by atoms with E-state index in [0.717, 1.165) is 24.0 Å². The number of ether oxygens (including phenoxy) is 1. The summed E-state index contributed by atoms with van der Waals surface area (Å²) in [6, 6.07) is 9.51. The van der Waals surface area contributed by atoms with Gasteiger partial charge in [-0.05, 0) is 56.0 Å². The molecule has 1 saturated heterocycles. The molecule has 0 saturated carbocycles. The Balaban J connectivity index is 1.70. The Hall–Kier alpha value is -2.42. The third-order valence-electron chi connectivity index (χ3n) is 4.94. The number of esters is 1. The van der Waals surface area contributed by atoms with Crippen molar-refractivity contribution in [3.8, 4) is 0 Å². The summed E-state index contributed by atoms with van der Waals surface area (Å²) in [4.78, 5) is 24.6. The summed E-state index contributed by atoms with van der Waals surface area (Å²) in [7, 11) is -3.71. The van der Waals surface area contributed by atoms with Crippen molar-refractivity contribution in [1.29, 1.82) is 0 Å². The molecule has 2 aromatic rings. The zero-order valence-corrected chi connectivity index (χ0v) is 18.3. The Morgan fingerprint density at radius 3 is 2.37 bits per heavy atom. The van der Waals surface area contributed by atoms with E-state index in [-0.39, 0.29) is 15.5 Å². The quantitative estimate of drug-likeness (QED) is 0.679. The monoisotopic (exact) mass is 450 g/mol. The van der Waals surface area contributed by atoms with E-state index in [1.165, 1.54) is 22.5 Å². The minimum Gasteiger partial charge on any atom is -0.452 e. The number of hydrogen-bond acceptors (Lipinski definition) is 5. The molecule has 1 aliphatic heterocycles. The first-order chi connectivity index (χ1) is 14.2. The fraction of sp³-hybridized carbons (Fsp3) is 0.333. The topological polar surface area (TPSA) is 92.8 Å². The van der Waals surface area contributed by atoms with Gasteiger partial charge in [0.2, 0.25) is 10.0 Å². The second-order valence-corrected chi connectivity index (χ2v) is 9.49. The van der Waals surface area contributed by atoms with Crippen LogP contribution in [0.1, 0.15) is 34.3 Å². The number of aryl methyl sites for hydroxylation is 2. The van der Waals surface area contributed by atoms with Crippen molar-refractivity contribution in [2.24, 2.45) is 0 Å². The number of amides is 1. The second-order valence-electron chi connectivity index (χ2n) is 7.14. The number of halogens is 1. The van der Waals surface area contributed by atoms with E-state index in [0.29, 0.717) is 18.8 Å². The number of sulfonamides is 1. The molecule has 1 heterocycles. The summed E-state index contributed by atoms with van der Waals surface area (Å²) in [6.07, 6.45) is 1.61. The van der Waals surface area contributed by atoms with Gasteiger partial charge in [-0.2, -0.15) is 4.31 Å². The molecule has 0 atom stereocenters. The SMILES string of the molecule is Cc1cccc(C)c1NC(=O)COC(=O)c1cc(S(=O)(=O)N2CCCC2)ccc1Cl. The molecule has 30 heavy (non-hydrogen) atoms. The lowest BCUT2D eigenvalue weighted by Crippen LogP contribution is -2.28. The molecule has 1 amide bonds. The average molecular weight is 451 g/mol. The molecule has 160 valence electrons. The Kier molecular flexibility index (Phi) is 6.80. The first-order valence-electron chi connectivity index (χ1n) is 9.53. The van der Waals surface area contributed by atoms with Crippen LogP contribution >= 0.6 is 11.6 Å². The number of benzene rings is 2. The highest BCUT2D eigenvalue weighted by Gasteiger charge is 2.28. The van der Waals surface area contributed by atoms with Gasteiger partial charge in [0, 0.05) is 18.8 Å². The Bertz CT molecular complexity index is 1060. The maximum Gasteiger partial charge on any atom is 0.340 e. The lowest BCUT2D eigenvalue weighted by atomic mass is 10.1. The molecule has 0 bridgehead atoms. The van der Waals surface area contributed by atoms with Crippen LogP contribution in [0.25, 0.3) is 0 Å². The first-order valence-corrected chi connectivity index (χ1v) is 11.3. The third kappa shape index (κ3) is 4.83. The molecule has 0 spiro atoms. The summed E-state index contributed by atoms with van der Waals surface area (Å²) < 4.78 is 31.9. The average Bonchev–Trinajstić information content (AvgIpc) is 3.25. The van der Waals surface area contributed by atoms with Gasteiger partial charge in [-0.1, -0.05) is 29.8 Å². The third-order valence-corrected chi connectivity index (χ3v) is 7.16. The van der Waals surface area contributed by atoms with Crippen molar-refractivity contribution >= 4 is 39.2 Å². The fourth-order valence-electron chi connectivity index (χ4n) is 3.29. The Morgan fingerprint density at radius 1 is 1.10 bits per heavy atom. The van der Waals surface area contributed by atoms with Crippen LogP contribution < -0.4 is 5.32 Å². The highest BCUT2D eigenvalue weighted by molar-refractivity contribution is 7.89. The second kappa shape index (κ2) is 9.16. The normalized spacial score (nSPS) is 14.5. The molecule has 0 radical (unpaired) electrons. The number of hydrogen-bond donors (Lipinski definition) is 1. The van der Waals surface area contributed by atoms with Gasteiger partial charge in [0.1, 0.15) is 0 Å². The van der Waals surface area contributed by atoms with Gasteiger partial charge in [-0.25, -0.2) is 13.2 Å². The van der Waals surface area contributed by atoms with Crippen molar-refractivity contribution < 1.29 is 22.7 Å². The molecular weight excluding hydrogens is 428 g/mol. The van der Waals surface area contributed by atoms with Crippen LogP contribution in [-0.4, -0.2) is 44.3 Å². The molecule has 0 unspecified atom stereocenters. The highest BCUT2D eigenvalue weighted by Crippen LogP contribution is 2.26. The smallest absolute Gasteiger partial charge is 0.340 e. The predicted molar refractivity (Wildman–Crippen MR) is 114 cm³/mol. The lowest BCUT2D eigenvalue weighted by Gasteiger charge is -2.16. The number of carbonyl (C=O) groups is 2. The molecule has 3 rings (SSSR count). The van der Waals surface area contributed by atoms with Crippen LogP contribution in [0.15, 0.2) is 41.3 Å². The maximum atomic E-state index is 12.7. The highest BCUT2D eigenvalue weighted by atomic mass is 35.5. The molecule has 7 nitrogen and oxygen atoms in total. The van der Waals surface area contributed by atoms with E-state index in [1.807, 2.05) is 32.0 Å². The van der Waals surface area contributed by atoms with Crippen LogP contribution in [0.4, 0.5) is 5.69 Å². The minimum atomic E-state index is -3.71. The van der Waals surface area contributed by atoms with Crippen LogP contribution in [0.2, 0.25) is 5.02 Å². The van der Waals surface area contributed by atoms with Crippen LogP contribution in [0.3, 0.4) is 0 Å². The van der Waals surface area contributed by atoms with E-state index >= 15 is 0 Å². The largest absolute Gasteiger partial charge is 0.452 e. The van der Waals surface area contributed by atoms with Gasteiger partial charge < -0.3 is 10.1 Å². The molecule has 1 fully saturated rings. The van der Waals surface area contributed by atoms with E-state index in [9.17, 15) is 18.0 Å². The summed E-state index contributed by atoms with van der Waals surface area (Å²) in [5.74, 6) is -1.37. The van der Waals surface area contributed by atoms with E-state index in [4.69, 9.17) is 16.3 Å². The zero-order chi connectivity index (χ0) is 21.9. The van der Waals surface area contributed by atoms with Gasteiger partial charge in [-0.15, -0.1) is 0 Å². The standard InChI is InChI=1S/C21H23ClN2O5S/c1-14-6-5-7-15(2)20(14)23-19(25)13-29-21(26)17-12-16(8-9-18(17)22)30(27,28)24-10-3-4-11-24/h5-9,12H,3-4,10-11,13H2,1-2H3,(H,23,25). The number of rotatable bonds is 6. The van der Waals surface area contributed by atoms with Crippen LogP contribution in [0.5, 0.6) is 0 Å². The summed E-state index contributed by atoms with van der Waals surface area (Å²) in [5.41, 5.74) is 2.34. The summed E-state index contributed by atoms with van der Waals surface area (Å²) in [6.45, 7) is 4.10. The minimum absolute atomic E-state index is 0.0271. The van der Waals surface area contributed by atoms with E-state index in [1.54, 1.807) is 0 Å². The number of para-hydroxylation sites is 1. The van der Waals surface area contributed by atoms with Gasteiger partial charge >= 0.3 is 5.97 Å². The number of anilines is 1. The van der Waals surface area contributed by atoms with Crippen LogP contribution in [-0.2, 0) is 19.6 Å². The zero-order valence-electron chi connectivity index (χ0n) is 16.8.